The second kappa shape index (κ2) is 10.00. The number of aliphatic hydroxyl groups is 1. The average molecular weight is 484 g/mol. The Morgan fingerprint density at radius 1 is 1.18 bits per heavy atom. The predicted molar refractivity (Wildman–Crippen MR) is 139 cm³/mol. The summed E-state index contributed by atoms with van der Waals surface area (Å²) in [6.45, 7) is 11.1. The maximum absolute atomic E-state index is 9.35. The summed E-state index contributed by atoms with van der Waals surface area (Å²) in [5, 5.41) is 13.7. The molecule has 0 unspecified atom stereocenters. The van der Waals surface area contributed by atoms with Gasteiger partial charge in [0.15, 0.2) is 0 Å². The number of aryl methyl sites for hydroxylation is 2. The first kappa shape index (κ1) is 23.8. The van der Waals surface area contributed by atoms with Crippen LogP contribution in [-0.2, 0) is 0 Å². The molecule has 3 aliphatic rings. The number of aromatic nitrogens is 2. The molecule has 0 radical (unpaired) electrons. The summed E-state index contributed by atoms with van der Waals surface area (Å²) in [5.74, 6) is 3.73. The SMILES string of the molecule is Cc1ccc([C@@H](C)Nc2nc(N3CC([C@H]4CCCN(C5CC(CO)C5)C4)C3)ncc2C)c(Cl)c1. The summed E-state index contributed by atoms with van der Waals surface area (Å²) in [6, 6.07) is 6.96. The highest BCUT2D eigenvalue weighted by atomic mass is 35.5. The molecule has 0 spiro atoms. The summed E-state index contributed by atoms with van der Waals surface area (Å²) in [6.07, 6.45) is 6.92. The van der Waals surface area contributed by atoms with Crippen molar-refractivity contribution in [2.45, 2.75) is 58.5 Å². The quantitative estimate of drug-likeness (QED) is 0.587. The van der Waals surface area contributed by atoms with Gasteiger partial charge in [-0.2, -0.15) is 4.98 Å². The van der Waals surface area contributed by atoms with Gasteiger partial charge in [-0.25, -0.2) is 4.98 Å². The van der Waals surface area contributed by atoms with Crippen molar-refractivity contribution in [3.8, 4) is 0 Å². The zero-order valence-corrected chi connectivity index (χ0v) is 21.4. The van der Waals surface area contributed by atoms with Crippen molar-refractivity contribution in [3.63, 3.8) is 0 Å². The molecule has 2 atom stereocenters. The fraction of sp³-hybridized carbons (Fsp3) is 0.630. The van der Waals surface area contributed by atoms with Gasteiger partial charge in [0.2, 0.25) is 5.95 Å². The van der Waals surface area contributed by atoms with Crippen LogP contribution in [0.2, 0.25) is 5.02 Å². The van der Waals surface area contributed by atoms with E-state index in [-0.39, 0.29) is 6.04 Å². The molecule has 7 heteroatoms. The standard InChI is InChI=1S/C27H38ClN5O/c1-17-6-7-24(25(28)9-17)19(3)30-26-18(2)12-29-27(31-26)33-14-22(15-33)21-5-4-8-32(13-21)23-10-20(11-23)16-34/h6-7,9,12,19-23,34H,4-5,8,10-11,13-16H2,1-3H3,(H,29,30,31)/t19-,20?,21+,23?/m1/s1. The Bertz CT molecular complexity index is 1000. The molecule has 6 nitrogen and oxygen atoms in total. The van der Waals surface area contributed by atoms with E-state index >= 15 is 0 Å². The van der Waals surface area contributed by atoms with Crippen molar-refractivity contribution in [1.82, 2.24) is 14.9 Å². The molecule has 184 valence electrons. The monoisotopic (exact) mass is 483 g/mol. The lowest BCUT2D eigenvalue weighted by atomic mass is 9.76. The summed E-state index contributed by atoms with van der Waals surface area (Å²) in [5.41, 5.74) is 3.28. The normalized spacial score (nSPS) is 26.6. The van der Waals surface area contributed by atoms with Crippen LogP contribution in [0.5, 0.6) is 0 Å². The molecule has 1 aliphatic carbocycles. The van der Waals surface area contributed by atoms with Gasteiger partial charge >= 0.3 is 0 Å². The fourth-order valence-electron chi connectivity index (χ4n) is 5.88. The van der Waals surface area contributed by atoms with Gasteiger partial charge in [0.25, 0.3) is 0 Å². The van der Waals surface area contributed by atoms with E-state index in [4.69, 9.17) is 16.6 Å². The number of likely N-dealkylation sites (tertiary alicyclic amines) is 1. The molecule has 1 aromatic carbocycles. The van der Waals surface area contributed by atoms with Crippen molar-refractivity contribution >= 4 is 23.4 Å². The molecule has 3 heterocycles. The molecule has 3 fully saturated rings. The molecule has 0 bridgehead atoms. The van der Waals surface area contributed by atoms with Crippen LogP contribution in [0.25, 0.3) is 0 Å². The number of nitrogens with one attached hydrogen (secondary N) is 1. The zero-order valence-electron chi connectivity index (χ0n) is 20.7. The van der Waals surface area contributed by atoms with Crippen molar-refractivity contribution in [1.29, 1.82) is 0 Å². The summed E-state index contributed by atoms with van der Waals surface area (Å²) >= 11 is 6.50. The van der Waals surface area contributed by atoms with E-state index in [0.717, 1.165) is 58.4 Å². The van der Waals surface area contributed by atoms with Crippen LogP contribution in [0.3, 0.4) is 0 Å². The molecule has 34 heavy (non-hydrogen) atoms. The Morgan fingerprint density at radius 2 is 1.97 bits per heavy atom. The van der Waals surface area contributed by atoms with Crippen LogP contribution in [0, 0.1) is 31.6 Å². The molecule has 2 aliphatic heterocycles. The molecule has 2 saturated heterocycles. The average Bonchev–Trinajstić information content (AvgIpc) is 2.74. The Kier molecular flexibility index (Phi) is 7.01. The van der Waals surface area contributed by atoms with Crippen LogP contribution < -0.4 is 10.2 Å². The Labute approximate surface area is 208 Å². The van der Waals surface area contributed by atoms with Crippen LogP contribution in [0.4, 0.5) is 11.8 Å². The van der Waals surface area contributed by atoms with Crippen molar-refractivity contribution in [2.75, 3.05) is 43.0 Å². The predicted octanol–water partition coefficient (Wildman–Crippen LogP) is 4.84. The number of hydrogen-bond acceptors (Lipinski definition) is 6. The Balaban J connectivity index is 1.18. The third-order valence-electron chi connectivity index (χ3n) is 8.27. The Hall–Kier alpha value is -1.89. The van der Waals surface area contributed by atoms with Gasteiger partial charge < -0.3 is 20.2 Å². The van der Waals surface area contributed by atoms with Crippen LogP contribution in [0.1, 0.15) is 55.3 Å². The van der Waals surface area contributed by atoms with Crippen LogP contribution in [-0.4, -0.2) is 58.8 Å². The molecular formula is C27H38ClN5O. The smallest absolute Gasteiger partial charge is 0.227 e. The third kappa shape index (κ3) is 4.91. The van der Waals surface area contributed by atoms with Gasteiger partial charge in [0.05, 0.1) is 6.04 Å². The van der Waals surface area contributed by atoms with Gasteiger partial charge in [0, 0.05) is 49.1 Å². The highest BCUT2D eigenvalue weighted by molar-refractivity contribution is 6.31. The maximum Gasteiger partial charge on any atom is 0.227 e. The van der Waals surface area contributed by atoms with Gasteiger partial charge in [-0.3, -0.25) is 0 Å². The minimum Gasteiger partial charge on any atom is -0.396 e. The van der Waals surface area contributed by atoms with Gasteiger partial charge in [-0.1, -0.05) is 23.7 Å². The van der Waals surface area contributed by atoms with E-state index < -0.39 is 0 Å². The second-order valence-corrected chi connectivity index (χ2v) is 11.2. The van der Waals surface area contributed by atoms with Crippen LogP contribution in [0.15, 0.2) is 24.4 Å². The first-order valence-corrected chi connectivity index (χ1v) is 13.2. The third-order valence-corrected chi connectivity index (χ3v) is 8.60. The van der Waals surface area contributed by atoms with Crippen molar-refractivity contribution in [2.24, 2.45) is 17.8 Å². The zero-order chi connectivity index (χ0) is 23.8. The number of piperidine rings is 1. The largest absolute Gasteiger partial charge is 0.396 e. The lowest BCUT2D eigenvalue weighted by Crippen LogP contribution is -2.56. The number of anilines is 2. The number of hydrogen-bond donors (Lipinski definition) is 2. The van der Waals surface area contributed by atoms with E-state index in [1.807, 2.05) is 19.2 Å². The highest BCUT2D eigenvalue weighted by Crippen LogP contribution is 2.38. The van der Waals surface area contributed by atoms with E-state index in [1.165, 1.54) is 38.8 Å². The summed E-state index contributed by atoms with van der Waals surface area (Å²) < 4.78 is 0. The first-order valence-electron chi connectivity index (χ1n) is 12.9. The number of benzene rings is 1. The van der Waals surface area contributed by atoms with E-state index in [0.29, 0.717) is 18.6 Å². The van der Waals surface area contributed by atoms with Gasteiger partial charge in [-0.15, -0.1) is 0 Å². The molecular weight excluding hydrogens is 446 g/mol. The van der Waals surface area contributed by atoms with Crippen molar-refractivity contribution < 1.29 is 5.11 Å². The summed E-state index contributed by atoms with van der Waals surface area (Å²) in [7, 11) is 0. The van der Waals surface area contributed by atoms with Gasteiger partial charge in [-0.05, 0) is 87.9 Å². The van der Waals surface area contributed by atoms with E-state index in [2.05, 4.69) is 46.1 Å². The lowest BCUT2D eigenvalue weighted by Gasteiger charge is -2.50. The minimum absolute atomic E-state index is 0.0591. The summed E-state index contributed by atoms with van der Waals surface area (Å²) in [4.78, 5) is 14.6. The topological polar surface area (TPSA) is 64.5 Å². The fourth-order valence-corrected chi connectivity index (χ4v) is 6.27. The van der Waals surface area contributed by atoms with Crippen LogP contribution >= 0.6 is 11.6 Å². The maximum atomic E-state index is 9.35. The number of rotatable bonds is 7. The molecule has 1 saturated carbocycles. The van der Waals surface area contributed by atoms with Gasteiger partial charge in [0.1, 0.15) is 5.82 Å². The number of nitrogens with zero attached hydrogens (tertiary/aromatic N) is 4. The number of aliphatic hydroxyl groups excluding tert-OH is 1. The molecule has 0 amide bonds. The number of halogens is 1. The lowest BCUT2D eigenvalue weighted by molar-refractivity contribution is 0.00777. The molecule has 2 aromatic rings. The second-order valence-electron chi connectivity index (χ2n) is 10.8. The highest BCUT2D eigenvalue weighted by Gasteiger charge is 2.40. The van der Waals surface area contributed by atoms with Crippen molar-refractivity contribution in [3.05, 3.63) is 46.1 Å². The molecule has 2 N–H and O–H groups in total. The molecule has 5 rings (SSSR count). The first-order chi connectivity index (χ1) is 16.4. The van der Waals surface area contributed by atoms with E-state index in [9.17, 15) is 5.11 Å². The van der Waals surface area contributed by atoms with E-state index in [1.54, 1.807) is 0 Å². The molecule has 1 aromatic heterocycles. The Morgan fingerprint density at radius 3 is 2.71 bits per heavy atom. The minimum atomic E-state index is 0.0591.